The van der Waals surface area contributed by atoms with E-state index in [2.05, 4.69) is 5.32 Å². The fourth-order valence-corrected chi connectivity index (χ4v) is 2.15. The Morgan fingerprint density at radius 3 is 2.88 bits per heavy atom. The SMILES string of the molecule is CC(O)N/C=C1\SC(=S)N(CC(=O)O)C1=O. The van der Waals surface area contributed by atoms with E-state index >= 15 is 0 Å². The first-order valence-corrected chi connectivity index (χ1v) is 5.54. The van der Waals surface area contributed by atoms with E-state index in [9.17, 15) is 9.59 Å². The normalized spacial score (nSPS) is 20.4. The molecule has 1 aliphatic rings. The Morgan fingerprint density at radius 1 is 1.75 bits per heavy atom. The van der Waals surface area contributed by atoms with Crippen molar-refractivity contribution in [1.82, 2.24) is 10.2 Å². The second-order valence-corrected chi connectivity index (χ2v) is 4.68. The number of carboxylic acids is 1. The number of hydrogen-bond donors (Lipinski definition) is 3. The molecule has 0 spiro atoms. The van der Waals surface area contributed by atoms with E-state index in [0.29, 0.717) is 0 Å². The van der Waals surface area contributed by atoms with E-state index in [0.717, 1.165) is 16.7 Å². The number of nitrogens with zero attached hydrogens (tertiary/aromatic N) is 1. The van der Waals surface area contributed by atoms with Crippen LogP contribution in [0.4, 0.5) is 0 Å². The van der Waals surface area contributed by atoms with E-state index in [4.69, 9.17) is 22.4 Å². The van der Waals surface area contributed by atoms with Gasteiger partial charge in [0.1, 0.15) is 17.1 Å². The molecule has 0 aromatic heterocycles. The van der Waals surface area contributed by atoms with Crippen molar-refractivity contribution in [2.24, 2.45) is 0 Å². The quantitative estimate of drug-likeness (QED) is 0.364. The van der Waals surface area contributed by atoms with Gasteiger partial charge < -0.3 is 15.5 Å². The van der Waals surface area contributed by atoms with Crippen LogP contribution < -0.4 is 5.32 Å². The van der Waals surface area contributed by atoms with Crippen molar-refractivity contribution in [3.05, 3.63) is 11.1 Å². The molecule has 0 bridgehead atoms. The lowest BCUT2D eigenvalue weighted by Gasteiger charge is -2.10. The van der Waals surface area contributed by atoms with Crippen LogP contribution in [0.2, 0.25) is 0 Å². The Labute approximate surface area is 101 Å². The minimum absolute atomic E-state index is 0.200. The molecule has 1 fully saturated rings. The molecule has 1 aliphatic heterocycles. The molecule has 0 aliphatic carbocycles. The summed E-state index contributed by atoms with van der Waals surface area (Å²) in [7, 11) is 0. The van der Waals surface area contributed by atoms with E-state index in [1.54, 1.807) is 0 Å². The average molecular weight is 262 g/mol. The van der Waals surface area contributed by atoms with Gasteiger partial charge in [-0.3, -0.25) is 14.5 Å². The Morgan fingerprint density at radius 2 is 2.38 bits per heavy atom. The maximum atomic E-state index is 11.6. The fraction of sp³-hybridized carbons (Fsp3) is 0.375. The highest BCUT2D eigenvalue weighted by Gasteiger charge is 2.33. The summed E-state index contributed by atoms with van der Waals surface area (Å²) in [5.74, 6) is -1.59. The van der Waals surface area contributed by atoms with Crippen molar-refractivity contribution in [3.63, 3.8) is 0 Å². The third kappa shape index (κ3) is 3.19. The van der Waals surface area contributed by atoms with Gasteiger partial charge >= 0.3 is 5.97 Å². The number of carbonyl (C=O) groups is 2. The number of aliphatic carboxylic acids is 1. The third-order valence-electron chi connectivity index (χ3n) is 1.62. The maximum absolute atomic E-state index is 11.6. The van der Waals surface area contributed by atoms with Crippen LogP contribution in [0, 0.1) is 0 Å². The number of thiocarbonyl (C=S) groups is 1. The molecule has 0 aromatic rings. The van der Waals surface area contributed by atoms with E-state index in [1.807, 2.05) is 0 Å². The standard InChI is InChI=1S/C8H10N2O4S2/c1-4(11)9-2-5-7(14)10(3-6(12)13)8(15)16-5/h2,4,9,11H,3H2,1H3,(H,12,13)/b5-2-. The summed E-state index contributed by atoms with van der Waals surface area (Å²) in [6, 6.07) is 0. The molecule has 1 atom stereocenters. The first-order chi connectivity index (χ1) is 7.41. The number of nitrogens with one attached hydrogen (secondary N) is 1. The van der Waals surface area contributed by atoms with Gasteiger partial charge in [0.2, 0.25) is 0 Å². The third-order valence-corrected chi connectivity index (χ3v) is 3.00. The predicted molar refractivity (Wildman–Crippen MR) is 62.4 cm³/mol. The number of carboxylic acid groups (broad SMARTS) is 1. The first-order valence-electron chi connectivity index (χ1n) is 4.31. The number of thioether (sulfide) groups is 1. The van der Waals surface area contributed by atoms with Gasteiger partial charge in [0, 0.05) is 6.20 Å². The van der Waals surface area contributed by atoms with Gasteiger partial charge in [0.05, 0.1) is 4.91 Å². The van der Waals surface area contributed by atoms with Gasteiger partial charge in [-0.15, -0.1) is 0 Å². The lowest BCUT2D eigenvalue weighted by Crippen LogP contribution is -2.33. The predicted octanol–water partition coefficient (Wildman–Crippen LogP) is -0.299. The van der Waals surface area contributed by atoms with Crippen LogP contribution >= 0.6 is 24.0 Å². The van der Waals surface area contributed by atoms with Crippen LogP contribution in [0.5, 0.6) is 0 Å². The van der Waals surface area contributed by atoms with Crippen molar-refractivity contribution in [3.8, 4) is 0 Å². The minimum atomic E-state index is -1.12. The van der Waals surface area contributed by atoms with Crippen LogP contribution in [0.1, 0.15) is 6.92 Å². The van der Waals surface area contributed by atoms with Gasteiger partial charge in [-0.2, -0.15) is 0 Å². The Balaban J connectivity index is 2.74. The van der Waals surface area contributed by atoms with Crippen molar-refractivity contribution in [2.75, 3.05) is 6.54 Å². The summed E-state index contributed by atoms with van der Waals surface area (Å²) in [5, 5.41) is 20.1. The highest BCUT2D eigenvalue weighted by molar-refractivity contribution is 8.26. The second-order valence-electron chi connectivity index (χ2n) is 3.00. The summed E-state index contributed by atoms with van der Waals surface area (Å²) in [6.07, 6.45) is 0.536. The number of rotatable bonds is 4. The van der Waals surface area contributed by atoms with Crippen LogP contribution in [-0.4, -0.2) is 44.1 Å². The molecule has 0 aromatic carbocycles. The number of amides is 1. The van der Waals surface area contributed by atoms with Gasteiger partial charge in [0.15, 0.2) is 0 Å². The first kappa shape index (κ1) is 12.9. The molecule has 1 amide bonds. The summed E-state index contributed by atoms with van der Waals surface area (Å²) in [4.78, 5) is 23.4. The molecule has 1 heterocycles. The molecule has 3 N–H and O–H groups in total. The molecule has 88 valence electrons. The summed E-state index contributed by atoms with van der Waals surface area (Å²) >= 11 is 5.86. The van der Waals surface area contributed by atoms with Crippen molar-refractivity contribution in [1.29, 1.82) is 0 Å². The van der Waals surface area contributed by atoms with Crippen LogP contribution in [-0.2, 0) is 9.59 Å². The number of carbonyl (C=O) groups excluding carboxylic acids is 1. The zero-order valence-corrected chi connectivity index (χ0v) is 9.97. The van der Waals surface area contributed by atoms with Crippen molar-refractivity contribution in [2.45, 2.75) is 13.2 Å². The second kappa shape index (κ2) is 5.28. The Hall–Kier alpha value is -1.12. The van der Waals surface area contributed by atoms with Crippen molar-refractivity contribution < 1.29 is 19.8 Å². The molecule has 1 unspecified atom stereocenters. The number of aliphatic hydroxyl groups is 1. The van der Waals surface area contributed by atoms with Gasteiger partial charge in [0.25, 0.3) is 5.91 Å². The Bertz CT molecular complexity index is 367. The molecule has 1 saturated heterocycles. The molecule has 0 radical (unpaired) electrons. The molecule has 1 rings (SSSR count). The van der Waals surface area contributed by atoms with Gasteiger partial charge in [-0.05, 0) is 6.92 Å². The fourth-order valence-electron chi connectivity index (χ4n) is 0.968. The molecular weight excluding hydrogens is 252 g/mol. The smallest absolute Gasteiger partial charge is 0.323 e. The largest absolute Gasteiger partial charge is 0.480 e. The van der Waals surface area contributed by atoms with Gasteiger partial charge in [-0.1, -0.05) is 24.0 Å². The summed E-state index contributed by atoms with van der Waals surface area (Å²) in [6.45, 7) is 1.05. The molecular formula is C8H10N2O4S2. The molecule has 8 heteroatoms. The summed E-state index contributed by atoms with van der Waals surface area (Å²) < 4.78 is 0.200. The number of aliphatic hydroxyl groups excluding tert-OH is 1. The van der Waals surface area contributed by atoms with Gasteiger partial charge in [-0.25, -0.2) is 0 Å². The van der Waals surface area contributed by atoms with Crippen LogP contribution in [0.15, 0.2) is 11.1 Å². The highest BCUT2D eigenvalue weighted by Crippen LogP contribution is 2.29. The Kier molecular flexibility index (Phi) is 4.27. The molecule has 16 heavy (non-hydrogen) atoms. The molecule has 6 nitrogen and oxygen atoms in total. The van der Waals surface area contributed by atoms with Crippen molar-refractivity contribution >= 4 is 40.2 Å². The van der Waals surface area contributed by atoms with Crippen LogP contribution in [0.25, 0.3) is 0 Å². The minimum Gasteiger partial charge on any atom is -0.480 e. The van der Waals surface area contributed by atoms with E-state index in [1.165, 1.54) is 13.1 Å². The highest BCUT2D eigenvalue weighted by atomic mass is 32.2. The number of hydrogen-bond acceptors (Lipinski definition) is 6. The molecule has 0 saturated carbocycles. The topological polar surface area (TPSA) is 89.9 Å². The lowest BCUT2D eigenvalue weighted by molar-refractivity contribution is -0.140. The maximum Gasteiger partial charge on any atom is 0.323 e. The lowest BCUT2D eigenvalue weighted by atomic mass is 10.4. The summed E-state index contributed by atoms with van der Waals surface area (Å²) in [5.41, 5.74) is 0. The average Bonchev–Trinajstić information content (AvgIpc) is 2.42. The van der Waals surface area contributed by atoms with E-state index < -0.39 is 24.6 Å². The zero-order chi connectivity index (χ0) is 12.3. The van der Waals surface area contributed by atoms with E-state index in [-0.39, 0.29) is 9.23 Å². The van der Waals surface area contributed by atoms with Crippen LogP contribution in [0.3, 0.4) is 0 Å². The monoisotopic (exact) mass is 262 g/mol. The zero-order valence-electron chi connectivity index (χ0n) is 8.34.